The molecule has 4 rings (SSSR count). The smallest absolute Gasteiger partial charge is 0.240 e. The molecular weight excluding hydrogens is 362 g/mol. The zero-order valence-electron chi connectivity index (χ0n) is 15.0. The molecule has 2 heterocycles. The molecule has 0 saturated heterocycles. The Morgan fingerprint density at radius 1 is 1.00 bits per heavy atom. The molecule has 0 bridgehead atoms. The van der Waals surface area contributed by atoms with Gasteiger partial charge in [-0.25, -0.2) is 13.1 Å². The van der Waals surface area contributed by atoms with Crippen molar-refractivity contribution in [1.82, 2.24) is 19.5 Å². The second-order valence-electron chi connectivity index (χ2n) is 6.47. The second kappa shape index (κ2) is 7.13. The highest BCUT2D eigenvalue weighted by atomic mass is 32.2. The van der Waals surface area contributed by atoms with Gasteiger partial charge >= 0.3 is 0 Å². The first-order valence-corrected chi connectivity index (χ1v) is 10.3. The van der Waals surface area contributed by atoms with Crippen LogP contribution in [0.1, 0.15) is 17.2 Å². The molecule has 0 atom stereocenters. The first kappa shape index (κ1) is 17.7. The van der Waals surface area contributed by atoms with Crippen LogP contribution in [-0.2, 0) is 29.5 Å². The van der Waals surface area contributed by atoms with Gasteiger partial charge in [-0.15, -0.1) is 10.2 Å². The van der Waals surface area contributed by atoms with Crippen LogP contribution in [0.15, 0.2) is 59.5 Å². The fourth-order valence-corrected chi connectivity index (χ4v) is 4.03. The Kier molecular flexibility index (Phi) is 4.67. The average molecular weight is 383 g/mol. The lowest BCUT2D eigenvalue weighted by atomic mass is 10.1. The van der Waals surface area contributed by atoms with E-state index in [4.69, 9.17) is 0 Å². The molecule has 1 aromatic heterocycles. The number of rotatable bonds is 5. The minimum Gasteiger partial charge on any atom is -0.362 e. The normalized spacial score (nSPS) is 14.2. The van der Waals surface area contributed by atoms with E-state index in [1.807, 2.05) is 30.3 Å². The number of aromatic nitrogens is 3. The fraction of sp³-hybridized carbons (Fsp3) is 0.263. The lowest BCUT2D eigenvalue weighted by Gasteiger charge is -2.29. The van der Waals surface area contributed by atoms with Gasteiger partial charge in [-0.05, 0) is 36.9 Å². The van der Waals surface area contributed by atoms with Gasteiger partial charge in [-0.2, -0.15) is 0 Å². The molecule has 3 aromatic rings. The van der Waals surface area contributed by atoms with Crippen molar-refractivity contribution in [2.75, 3.05) is 18.5 Å². The molecule has 8 heteroatoms. The minimum absolute atomic E-state index is 0.263. The molecule has 0 amide bonds. The summed E-state index contributed by atoms with van der Waals surface area (Å²) in [5, 5.41) is 8.74. The summed E-state index contributed by atoms with van der Waals surface area (Å²) < 4.78 is 28.2. The number of nitrogens with one attached hydrogen (secondary N) is 1. The molecular formula is C19H21N5O2S. The molecule has 27 heavy (non-hydrogen) atoms. The van der Waals surface area contributed by atoms with Crippen molar-refractivity contribution in [2.24, 2.45) is 0 Å². The van der Waals surface area contributed by atoms with Crippen LogP contribution in [0.5, 0.6) is 0 Å². The molecule has 7 nitrogen and oxygen atoms in total. The van der Waals surface area contributed by atoms with Gasteiger partial charge in [0.25, 0.3) is 0 Å². The van der Waals surface area contributed by atoms with Gasteiger partial charge in [0.2, 0.25) is 10.0 Å². The molecule has 0 saturated carbocycles. The van der Waals surface area contributed by atoms with Crippen LogP contribution < -0.4 is 9.62 Å². The number of fused-ring (bicyclic) bond motifs is 1. The van der Waals surface area contributed by atoms with Gasteiger partial charge in [0.15, 0.2) is 5.82 Å². The summed E-state index contributed by atoms with van der Waals surface area (Å²) in [5.41, 5.74) is 2.19. The molecule has 1 aliphatic rings. The highest BCUT2D eigenvalue weighted by Gasteiger charge is 2.22. The van der Waals surface area contributed by atoms with E-state index in [0.29, 0.717) is 6.54 Å². The first-order chi connectivity index (χ1) is 13.1. The fourth-order valence-electron chi connectivity index (χ4n) is 3.30. The molecule has 0 unspecified atom stereocenters. The Bertz CT molecular complexity index is 1030. The second-order valence-corrected chi connectivity index (χ2v) is 8.36. The standard InChI is InChI=1S/C19H21N5O2S/c1-20-27(25,26)17-9-7-16(8-10-17)23-11-12-24-18(21-22-19(24)14-23)13-15-5-3-2-4-6-15/h2-10,20H,11-14H2,1H3. The predicted molar refractivity (Wildman–Crippen MR) is 103 cm³/mol. The number of hydrogen-bond acceptors (Lipinski definition) is 5. The average Bonchev–Trinajstić information content (AvgIpc) is 3.11. The van der Waals surface area contributed by atoms with Crippen molar-refractivity contribution < 1.29 is 8.42 Å². The van der Waals surface area contributed by atoms with E-state index < -0.39 is 10.0 Å². The minimum atomic E-state index is -3.42. The number of hydrogen-bond donors (Lipinski definition) is 1. The van der Waals surface area contributed by atoms with E-state index in [0.717, 1.165) is 36.8 Å². The van der Waals surface area contributed by atoms with Crippen LogP contribution in [0.2, 0.25) is 0 Å². The van der Waals surface area contributed by atoms with Gasteiger partial charge in [0, 0.05) is 25.2 Å². The number of benzene rings is 2. The lowest BCUT2D eigenvalue weighted by Crippen LogP contribution is -2.34. The molecule has 0 spiro atoms. The van der Waals surface area contributed by atoms with Gasteiger partial charge in [-0.1, -0.05) is 30.3 Å². The largest absolute Gasteiger partial charge is 0.362 e. The molecule has 140 valence electrons. The van der Waals surface area contributed by atoms with Crippen molar-refractivity contribution in [3.63, 3.8) is 0 Å². The van der Waals surface area contributed by atoms with E-state index in [9.17, 15) is 8.42 Å². The van der Waals surface area contributed by atoms with E-state index in [1.165, 1.54) is 12.6 Å². The van der Waals surface area contributed by atoms with E-state index in [-0.39, 0.29) is 4.90 Å². The van der Waals surface area contributed by atoms with E-state index in [2.05, 4.69) is 36.5 Å². The summed E-state index contributed by atoms with van der Waals surface area (Å²) in [5.74, 6) is 1.91. The molecule has 0 aliphatic carbocycles. The Hall–Kier alpha value is -2.71. The SMILES string of the molecule is CNS(=O)(=O)c1ccc(N2CCn3c(Cc4ccccc4)nnc3C2)cc1. The maximum atomic E-state index is 11.9. The van der Waals surface area contributed by atoms with Crippen LogP contribution in [0.25, 0.3) is 0 Å². The third-order valence-electron chi connectivity index (χ3n) is 4.82. The molecule has 0 fully saturated rings. The predicted octanol–water partition coefficient (Wildman–Crippen LogP) is 1.80. The lowest BCUT2D eigenvalue weighted by molar-refractivity contribution is 0.546. The zero-order chi connectivity index (χ0) is 18.9. The highest BCUT2D eigenvalue weighted by Crippen LogP contribution is 2.23. The van der Waals surface area contributed by atoms with Crippen molar-refractivity contribution in [1.29, 1.82) is 0 Å². The molecule has 2 aromatic carbocycles. The monoisotopic (exact) mass is 383 g/mol. The Labute approximate surface area is 158 Å². The van der Waals surface area contributed by atoms with Gasteiger partial charge in [0.05, 0.1) is 11.4 Å². The quantitative estimate of drug-likeness (QED) is 0.727. The van der Waals surface area contributed by atoms with Gasteiger partial charge < -0.3 is 9.47 Å². The van der Waals surface area contributed by atoms with Crippen LogP contribution in [0.4, 0.5) is 5.69 Å². The third-order valence-corrected chi connectivity index (χ3v) is 6.25. The van der Waals surface area contributed by atoms with E-state index in [1.54, 1.807) is 12.1 Å². The number of sulfonamides is 1. The van der Waals surface area contributed by atoms with Gasteiger partial charge in [0.1, 0.15) is 5.82 Å². The molecule has 1 aliphatic heterocycles. The van der Waals surface area contributed by atoms with Gasteiger partial charge in [-0.3, -0.25) is 0 Å². The van der Waals surface area contributed by atoms with Crippen LogP contribution in [0.3, 0.4) is 0 Å². The molecule has 1 N–H and O–H groups in total. The Morgan fingerprint density at radius 3 is 2.44 bits per heavy atom. The van der Waals surface area contributed by atoms with Crippen molar-refractivity contribution in [2.45, 2.75) is 24.4 Å². The summed E-state index contributed by atoms with van der Waals surface area (Å²) in [4.78, 5) is 2.45. The number of nitrogens with zero attached hydrogens (tertiary/aromatic N) is 4. The summed E-state index contributed by atoms with van der Waals surface area (Å²) in [6, 6.07) is 17.2. The van der Waals surface area contributed by atoms with Crippen LogP contribution in [-0.4, -0.2) is 36.8 Å². The van der Waals surface area contributed by atoms with E-state index >= 15 is 0 Å². The van der Waals surface area contributed by atoms with Crippen LogP contribution in [0, 0.1) is 0 Å². The summed E-state index contributed by atoms with van der Waals surface area (Å²) in [7, 11) is -2.01. The van der Waals surface area contributed by atoms with Crippen molar-refractivity contribution in [3.8, 4) is 0 Å². The maximum absolute atomic E-state index is 11.9. The maximum Gasteiger partial charge on any atom is 0.240 e. The van der Waals surface area contributed by atoms with Crippen molar-refractivity contribution in [3.05, 3.63) is 71.8 Å². The van der Waals surface area contributed by atoms with Crippen LogP contribution >= 0.6 is 0 Å². The number of anilines is 1. The highest BCUT2D eigenvalue weighted by molar-refractivity contribution is 7.89. The van der Waals surface area contributed by atoms with Crippen molar-refractivity contribution >= 4 is 15.7 Å². The topological polar surface area (TPSA) is 80.1 Å². The summed E-state index contributed by atoms with van der Waals surface area (Å²) in [6.45, 7) is 2.28. The Balaban J connectivity index is 1.51. The Morgan fingerprint density at radius 2 is 1.74 bits per heavy atom. The third kappa shape index (κ3) is 3.58. The summed E-state index contributed by atoms with van der Waals surface area (Å²) in [6.07, 6.45) is 0.768. The molecule has 0 radical (unpaired) electrons. The zero-order valence-corrected chi connectivity index (χ0v) is 15.9. The first-order valence-electron chi connectivity index (χ1n) is 8.80. The summed E-state index contributed by atoms with van der Waals surface area (Å²) >= 11 is 0.